The van der Waals surface area contributed by atoms with Gasteiger partial charge in [0.05, 0.1) is 0 Å². The van der Waals surface area contributed by atoms with Gasteiger partial charge < -0.3 is 10.2 Å². The second kappa shape index (κ2) is 6.19. The highest BCUT2D eigenvalue weighted by Gasteiger charge is 2.24. The maximum atomic E-state index is 3.71. The van der Waals surface area contributed by atoms with Crippen LogP contribution in [0, 0.1) is 5.41 Å². The quantitative estimate of drug-likeness (QED) is 0.741. The predicted molar refractivity (Wildman–Crippen MR) is 74.3 cm³/mol. The number of piperidine rings is 1. The molecule has 1 saturated heterocycles. The average molecular weight is 238 g/mol. The molecule has 2 fully saturated rings. The third kappa shape index (κ3) is 4.59. The van der Waals surface area contributed by atoms with Gasteiger partial charge in [-0.05, 0) is 63.7 Å². The third-order valence-corrected chi connectivity index (χ3v) is 4.65. The van der Waals surface area contributed by atoms with Crippen LogP contribution in [0.15, 0.2) is 0 Å². The van der Waals surface area contributed by atoms with Crippen molar-refractivity contribution < 1.29 is 0 Å². The van der Waals surface area contributed by atoms with Gasteiger partial charge in [-0.2, -0.15) is 0 Å². The molecule has 1 N–H and O–H groups in total. The van der Waals surface area contributed by atoms with Crippen molar-refractivity contribution in [3.63, 3.8) is 0 Å². The zero-order valence-corrected chi connectivity index (χ0v) is 11.8. The maximum absolute atomic E-state index is 3.71. The highest BCUT2D eigenvalue weighted by molar-refractivity contribution is 4.79. The van der Waals surface area contributed by atoms with Crippen molar-refractivity contribution in [2.45, 2.75) is 64.8 Å². The molecule has 100 valence electrons. The summed E-state index contributed by atoms with van der Waals surface area (Å²) in [7, 11) is 0. The number of nitrogens with zero attached hydrogens (tertiary/aromatic N) is 1. The summed E-state index contributed by atoms with van der Waals surface area (Å²) in [5, 5.41) is 3.71. The van der Waals surface area contributed by atoms with E-state index in [1.54, 1.807) is 0 Å². The highest BCUT2D eigenvalue weighted by atomic mass is 15.1. The minimum atomic E-state index is 0.596. The summed E-state index contributed by atoms with van der Waals surface area (Å²) in [4.78, 5) is 2.65. The molecule has 0 aromatic rings. The van der Waals surface area contributed by atoms with Crippen molar-refractivity contribution in [2.75, 3.05) is 26.2 Å². The Labute approximate surface area is 107 Å². The summed E-state index contributed by atoms with van der Waals surface area (Å²) < 4.78 is 0. The van der Waals surface area contributed by atoms with Gasteiger partial charge in [0.25, 0.3) is 0 Å². The van der Waals surface area contributed by atoms with Gasteiger partial charge in [-0.1, -0.05) is 26.7 Å². The standard InChI is InChI=1S/C15H30N2/c1-15(2)8-12-17(13-9-15)11-5-10-16-14-6-3-4-7-14/h14,16H,3-13H2,1-2H3. The van der Waals surface area contributed by atoms with Crippen LogP contribution in [0.25, 0.3) is 0 Å². The van der Waals surface area contributed by atoms with E-state index in [1.165, 1.54) is 71.1 Å². The van der Waals surface area contributed by atoms with Gasteiger partial charge in [-0.25, -0.2) is 0 Å². The van der Waals surface area contributed by atoms with Crippen LogP contribution in [0.5, 0.6) is 0 Å². The van der Waals surface area contributed by atoms with E-state index >= 15 is 0 Å². The summed E-state index contributed by atoms with van der Waals surface area (Å²) in [5.41, 5.74) is 0.596. The molecular weight excluding hydrogens is 208 g/mol. The molecule has 2 heteroatoms. The lowest BCUT2D eigenvalue weighted by molar-refractivity contribution is 0.131. The van der Waals surface area contributed by atoms with E-state index in [4.69, 9.17) is 0 Å². The molecule has 1 saturated carbocycles. The van der Waals surface area contributed by atoms with E-state index in [1.807, 2.05) is 0 Å². The Hall–Kier alpha value is -0.0800. The molecule has 1 heterocycles. The van der Waals surface area contributed by atoms with Crippen molar-refractivity contribution in [2.24, 2.45) is 5.41 Å². The topological polar surface area (TPSA) is 15.3 Å². The zero-order chi connectivity index (χ0) is 12.1. The fraction of sp³-hybridized carbons (Fsp3) is 1.00. The van der Waals surface area contributed by atoms with Crippen LogP contribution in [-0.4, -0.2) is 37.1 Å². The Morgan fingerprint density at radius 3 is 2.41 bits per heavy atom. The zero-order valence-electron chi connectivity index (χ0n) is 11.8. The van der Waals surface area contributed by atoms with Gasteiger partial charge in [-0.15, -0.1) is 0 Å². The average Bonchev–Trinajstić information content (AvgIpc) is 2.79. The predicted octanol–water partition coefficient (Wildman–Crippen LogP) is 3.03. The molecular formula is C15H30N2. The van der Waals surface area contributed by atoms with Crippen LogP contribution < -0.4 is 5.32 Å². The van der Waals surface area contributed by atoms with E-state index in [2.05, 4.69) is 24.1 Å². The molecule has 2 nitrogen and oxygen atoms in total. The number of likely N-dealkylation sites (tertiary alicyclic amines) is 1. The van der Waals surface area contributed by atoms with Crippen LogP contribution in [0.4, 0.5) is 0 Å². The molecule has 0 spiro atoms. The second-order valence-corrected chi connectivity index (χ2v) is 6.79. The van der Waals surface area contributed by atoms with Gasteiger partial charge in [0.1, 0.15) is 0 Å². The minimum absolute atomic E-state index is 0.596. The molecule has 0 amide bonds. The number of rotatable bonds is 5. The van der Waals surface area contributed by atoms with E-state index in [0.717, 1.165) is 6.04 Å². The van der Waals surface area contributed by atoms with Crippen molar-refractivity contribution in [3.05, 3.63) is 0 Å². The van der Waals surface area contributed by atoms with Crippen molar-refractivity contribution >= 4 is 0 Å². The van der Waals surface area contributed by atoms with Gasteiger partial charge in [0.15, 0.2) is 0 Å². The molecule has 0 aromatic carbocycles. The van der Waals surface area contributed by atoms with Crippen LogP contribution in [-0.2, 0) is 0 Å². The van der Waals surface area contributed by atoms with Crippen LogP contribution in [0.2, 0.25) is 0 Å². The first-order valence-corrected chi connectivity index (χ1v) is 7.61. The Kier molecular flexibility index (Phi) is 4.87. The maximum Gasteiger partial charge on any atom is 0.00670 e. The summed E-state index contributed by atoms with van der Waals surface area (Å²) in [5.74, 6) is 0. The molecule has 0 aromatic heterocycles. The van der Waals surface area contributed by atoms with Crippen LogP contribution >= 0.6 is 0 Å². The highest BCUT2D eigenvalue weighted by Crippen LogP contribution is 2.29. The smallest absolute Gasteiger partial charge is 0.00670 e. The summed E-state index contributed by atoms with van der Waals surface area (Å²) in [6, 6.07) is 0.843. The molecule has 1 aliphatic carbocycles. The lowest BCUT2D eigenvalue weighted by atomic mass is 9.83. The van der Waals surface area contributed by atoms with E-state index in [9.17, 15) is 0 Å². The molecule has 17 heavy (non-hydrogen) atoms. The Morgan fingerprint density at radius 2 is 1.76 bits per heavy atom. The van der Waals surface area contributed by atoms with Gasteiger partial charge in [-0.3, -0.25) is 0 Å². The Morgan fingerprint density at radius 1 is 1.12 bits per heavy atom. The molecule has 0 atom stereocenters. The summed E-state index contributed by atoms with van der Waals surface area (Å²) in [6.45, 7) is 9.98. The van der Waals surface area contributed by atoms with Crippen LogP contribution in [0.3, 0.4) is 0 Å². The first-order chi connectivity index (χ1) is 8.16. The molecule has 2 rings (SSSR count). The molecule has 0 bridgehead atoms. The normalized spacial score (nSPS) is 26.5. The molecule has 0 unspecified atom stereocenters. The summed E-state index contributed by atoms with van der Waals surface area (Å²) >= 11 is 0. The Balaban J connectivity index is 1.51. The first kappa shape index (κ1) is 13.4. The lowest BCUT2D eigenvalue weighted by Gasteiger charge is -2.37. The lowest BCUT2D eigenvalue weighted by Crippen LogP contribution is -2.39. The molecule has 1 aliphatic heterocycles. The Bertz CT molecular complexity index is 209. The molecule has 2 aliphatic rings. The van der Waals surface area contributed by atoms with E-state index < -0.39 is 0 Å². The number of nitrogens with one attached hydrogen (secondary N) is 1. The second-order valence-electron chi connectivity index (χ2n) is 6.79. The number of hydrogen-bond donors (Lipinski definition) is 1. The van der Waals surface area contributed by atoms with Crippen molar-refractivity contribution in [1.29, 1.82) is 0 Å². The van der Waals surface area contributed by atoms with E-state index in [0.29, 0.717) is 5.41 Å². The van der Waals surface area contributed by atoms with Crippen molar-refractivity contribution in [1.82, 2.24) is 10.2 Å². The van der Waals surface area contributed by atoms with E-state index in [-0.39, 0.29) is 0 Å². The third-order valence-electron chi connectivity index (χ3n) is 4.65. The fourth-order valence-electron chi connectivity index (χ4n) is 3.12. The minimum Gasteiger partial charge on any atom is -0.314 e. The monoisotopic (exact) mass is 238 g/mol. The van der Waals surface area contributed by atoms with Gasteiger partial charge in [0, 0.05) is 6.04 Å². The van der Waals surface area contributed by atoms with Crippen LogP contribution in [0.1, 0.15) is 58.8 Å². The molecule has 0 radical (unpaired) electrons. The largest absolute Gasteiger partial charge is 0.314 e. The van der Waals surface area contributed by atoms with Crippen molar-refractivity contribution in [3.8, 4) is 0 Å². The number of hydrogen-bond acceptors (Lipinski definition) is 2. The van der Waals surface area contributed by atoms with Gasteiger partial charge >= 0.3 is 0 Å². The first-order valence-electron chi connectivity index (χ1n) is 7.61. The SMILES string of the molecule is CC1(C)CCN(CCCNC2CCCC2)CC1. The fourth-order valence-corrected chi connectivity index (χ4v) is 3.12. The summed E-state index contributed by atoms with van der Waals surface area (Å²) in [6.07, 6.45) is 9.80. The van der Waals surface area contributed by atoms with Gasteiger partial charge in [0.2, 0.25) is 0 Å².